The van der Waals surface area contributed by atoms with E-state index < -0.39 is 44.5 Å². The van der Waals surface area contributed by atoms with E-state index in [0.29, 0.717) is 0 Å². The summed E-state index contributed by atoms with van der Waals surface area (Å²) in [5, 5.41) is 10.3. The normalized spacial score (nSPS) is 26.6. The van der Waals surface area contributed by atoms with Crippen LogP contribution in [0.1, 0.15) is 6.23 Å². The SMILES string of the molecule is COO[C@@H]1[C@@H](O)[C@@H](COP(=O)(O)O)O[C@H]1n1cnc2c(=O)[nH]c(N)nc21. The summed E-state index contributed by atoms with van der Waals surface area (Å²) in [7, 11) is -3.56. The number of rotatable bonds is 6. The van der Waals surface area contributed by atoms with Gasteiger partial charge in [0.15, 0.2) is 23.5 Å². The van der Waals surface area contributed by atoms with Gasteiger partial charge in [0.25, 0.3) is 5.56 Å². The van der Waals surface area contributed by atoms with E-state index in [1.54, 1.807) is 0 Å². The molecule has 2 aromatic rings. The van der Waals surface area contributed by atoms with Crippen LogP contribution < -0.4 is 11.3 Å². The van der Waals surface area contributed by atoms with E-state index in [2.05, 4.69) is 24.4 Å². The van der Waals surface area contributed by atoms with Gasteiger partial charge in [-0.1, -0.05) is 0 Å². The first-order valence-electron chi connectivity index (χ1n) is 7.16. The number of nitrogens with two attached hydrogens (primary N) is 1. The van der Waals surface area contributed by atoms with Gasteiger partial charge >= 0.3 is 7.82 Å². The fraction of sp³-hybridized carbons (Fsp3) is 0.545. The number of ether oxygens (including phenoxy) is 1. The average molecular weight is 393 g/mol. The van der Waals surface area contributed by atoms with Crippen molar-refractivity contribution in [2.24, 2.45) is 0 Å². The van der Waals surface area contributed by atoms with Crippen LogP contribution in [0.4, 0.5) is 5.95 Å². The highest BCUT2D eigenvalue weighted by Gasteiger charge is 2.47. The van der Waals surface area contributed by atoms with Crippen molar-refractivity contribution in [1.82, 2.24) is 19.5 Å². The summed E-state index contributed by atoms with van der Waals surface area (Å²) in [6.45, 7) is -0.617. The highest BCUT2D eigenvalue weighted by Crippen LogP contribution is 2.39. The number of anilines is 1. The molecule has 3 heterocycles. The van der Waals surface area contributed by atoms with Crippen molar-refractivity contribution in [3.63, 3.8) is 0 Å². The van der Waals surface area contributed by atoms with Crippen LogP contribution in [0.3, 0.4) is 0 Å². The lowest BCUT2D eigenvalue weighted by atomic mass is 10.1. The summed E-state index contributed by atoms with van der Waals surface area (Å²) in [5.41, 5.74) is 5.00. The summed E-state index contributed by atoms with van der Waals surface area (Å²) in [6, 6.07) is 0. The molecule has 0 aliphatic carbocycles. The Labute approximate surface area is 144 Å². The van der Waals surface area contributed by atoms with Gasteiger partial charge in [0.1, 0.15) is 12.2 Å². The Morgan fingerprint density at radius 1 is 1.50 bits per heavy atom. The number of nitrogens with one attached hydrogen (secondary N) is 1. The number of hydrogen-bond donors (Lipinski definition) is 5. The number of H-pyrrole nitrogens is 1. The van der Waals surface area contributed by atoms with E-state index in [0.717, 1.165) is 0 Å². The van der Waals surface area contributed by atoms with Gasteiger partial charge in [-0.2, -0.15) is 4.98 Å². The van der Waals surface area contributed by atoms with Crippen LogP contribution in [0.2, 0.25) is 0 Å². The van der Waals surface area contributed by atoms with Crippen molar-refractivity contribution in [1.29, 1.82) is 0 Å². The van der Waals surface area contributed by atoms with Crippen LogP contribution in [0, 0.1) is 0 Å². The van der Waals surface area contributed by atoms with Crippen molar-refractivity contribution in [2.75, 3.05) is 19.5 Å². The van der Waals surface area contributed by atoms with E-state index in [-0.39, 0.29) is 17.1 Å². The molecular formula is C11H16N5O9P. The zero-order chi connectivity index (χ0) is 19.1. The van der Waals surface area contributed by atoms with Crippen molar-refractivity contribution in [3.8, 4) is 0 Å². The third-order valence-corrected chi connectivity index (χ3v) is 4.14. The maximum atomic E-state index is 11.9. The number of aliphatic hydroxyl groups excluding tert-OH is 1. The molecule has 1 aliphatic rings. The number of nitrogens with zero attached hydrogens (tertiary/aromatic N) is 3. The predicted octanol–water partition coefficient (Wildman–Crippen LogP) is -1.98. The smallest absolute Gasteiger partial charge is 0.387 e. The zero-order valence-electron chi connectivity index (χ0n) is 13.3. The molecule has 0 amide bonds. The molecular weight excluding hydrogens is 377 g/mol. The monoisotopic (exact) mass is 393 g/mol. The van der Waals surface area contributed by atoms with Gasteiger partial charge in [-0.3, -0.25) is 18.9 Å². The maximum Gasteiger partial charge on any atom is 0.469 e. The number of phosphoric ester groups is 1. The Morgan fingerprint density at radius 2 is 2.23 bits per heavy atom. The molecule has 3 rings (SSSR count). The minimum Gasteiger partial charge on any atom is -0.387 e. The molecule has 1 aliphatic heterocycles. The standard InChI is InChI=1S/C11H16N5O9P/c1-22-25-7-6(17)4(2-23-26(19,20)21)24-10(7)16-3-13-5-8(16)14-11(12)15-9(5)18/h3-4,6-7,10,17H,2H2,1H3,(H2,19,20,21)(H3,12,14,15,18)/t4-,6+,7-,10-/m1/s1. The average Bonchev–Trinajstić information content (AvgIpc) is 3.08. The Balaban J connectivity index is 1.95. The fourth-order valence-corrected chi connectivity index (χ4v) is 2.94. The molecule has 1 fully saturated rings. The molecule has 15 heteroatoms. The number of aromatic amines is 1. The molecule has 4 atom stereocenters. The molecule has 14 nitrogen and oxygen atoms in total. The van der Waals surface area contributed by atoms with Crippen LogP contribution in [-0.2, 0) is 23.6 Å². The Kier molecular flexibility index (Phi) is 5.09. The van der Waals surface area contributed by atoms with Gasteiger partial charge in [-0.05, 0) is 0 Å². The predicted molar refractivity (Wildman–Crippen MR) is 82.4 cm³/mol. The lowest BCUT2D eigenvalue weighted by molar-refractivity contribution is -0.327. The first-order chi connectivity index (χ1) is 12.2. The molecule has 0 unspecified atom stereocenters. The highest BCUT2D eigenvalue weighted by atomic mass is 31.2. The molecule has 0 saturated carbocycles. The second kappa shape index (κ2) is 7.02. The zero-order valence-corrected chi connectivity index (χ0v) is 14.1. The van der Waals surface area contributed by atoms with Crippen molar-refractivity contribution >= 4 is 24.9 Å². The Bertz CT molecular complexity index is 894. The maximum absolute atomic E-state index is 11.9. The van der Waals surface area contributed by atoms with Crippen LogP contribution in [-0.4, -0.2) is 66.4 Å². The fourth-order valence-electron chi connectivity index (χ4n) is 2.59. The quantitative estimate of drug-likeness (QED) is 0.206. The molecule has 144 valence electrons. The molecule has 26 heavy (non-hydrogen) atoms. The van der Waals surface area contributed by atoms with Gasteiger partial charge in [0.05, 0.1) is 20.0 Å². The van der Waals surface area contributed by atoms with Crippen molar-refractivity contribution < 1.29 is 38.5 Å². The summed E-state index contributed by atoms with van der Waals surface area (Å²) in [4.78, 5) is 49.3. The first-order valence-corrected chi connectivity index (χ1v) is 8.69. The van der Waals surface area contributed by atoms with E-state index >= 15 is 0 Å². The lowest BCUT2D eigenvalue weighted by Gasteiger charge is -2.19. The second-order valence-corrected chi connectivity index (χ2v) is 6.58. The van der Waals surface area contributed by atoms with E-state index in [9.17, 15) is 14.5 Å². The van der Waals surface area contributed by atoms with Gasteiger partial charge in [-0.15, -0.1) is 0 Å². The summed E-state index contributed by atoms with van der Waals surface area (Å²) in [5.74, 6) is -0.159. The number of aromatic nitrogens is 4. The molecule has 2 aromatic heterocycles. The van der Waals surface area contributed by atoms with Gasteiger partial charge in [-0.25, -0.2) is 19.3 Å². The van der Waals surface area contributed by atoms with Gasteiger partial charge < -0.3 is 25.4 Å². The summed E-state index contributed by atoms with van der Waals surface area (Å²) >= 11 is 0. The molecule has 1 saturated heterocycles. The molecule has 0 radical (unpaired) electrons. The number of phosphoric acid groups is 1. The summed E-state index contributed by atoms with van der Waals surface area (Å²) < 4.78 is 22.1. The third kappa shape index (κ3) is 3.62. The number of hydrogen-bond acceptors (Lipinski definition) is 10. The van der Waals surface area contributed by atoms with Crippen molar-refractivity contribution in [2.45, 2.75) is 24.5 Å². The molecule has 0 spiro atoms. The van der Waals surface area contributed by atoms with E-state index in [4.69, 9.17) is 25.1 Å². The third-order valence-electron chi connectivity index (χ3n) is 3.65. The Hall–Kier alpha value is -1.90. The summed E-state index contributed by atoms with van der Waals surface area (Å²) in [6.07, 6.45) is -3.53. The van der Waals surface area contributed by atoms with Crippen molar-refractivity contribution in [3.05, 3.63) is 16.7 Å². The Morgan fingerprint density at radius 3 is 2.88 bits per heavy atom. The largest absolute Gasteiger partial charge is 0.469 e. The molecule has 0 aromatic carbocycles. The van der Waals surface area contributed by atoms with Crippen LogP contribution >= 0.6 is 7.82 Å². The van der Waals surface area contributed by atoms with Gasteiger partial charge in [0, 0.05) is 0 Å². The molecule has 0 bridgehead atoms. The minimum atomic E-state index is -4.77. The van der Waals surface area contributed by atoms with E-state index in [1.807, 2.05) is 0 Å². The number of imidazole rings is 1. The van der Waals surface area contributed by atoms with Gasteiger partial charge in [0.2, 0.25) is 5.95 Å². The highest BCUT2D eigenvalue weighted by molar-refractivity contribution is 7.46. The van der Waals surface area contributed by atoms with E-state index in [1.165, 1.54) is 18.0 Å². The molecule has 6 N–H and O–H groups in total. The number of nitrogen functional groups attached to an aromatic ring is 1. The number of aliphatic hydroxyl groups is 1. The topological polar surface area (TPSA) is 204 Å². The van der Waals surface area contributed by atoms with Crippen LogP contribution in [0.5, 0.6) is 0 Å². The lowest BCUT2D eigenvalue weighted by Crippen LogP contribution is -2.35. The van der Waals surface area contributed by atoms with Crippen LogP contribution in [0.15, 0.2) is 11.1 Å². The second-order valence-electron chi connectivity index (χ2n) is 5.34. The number of fused-ring (bicyclic) bond motifs is 1. The first kappa shape index (κ1) is 18.9. The minimum absolute atomic E-state index is 0.0247. The van der Waals surface area contributed by atoms with Crippen LogP contribution in [0.25, 0.3) is 11.2 Å².